The fourth-order valence-electron chi connectivity index (χ4n) is 2.40. The number of nitrogens with one attached hydrogen (secondary N) is 1. The minimum atomic E-state index is -0.578. The maximum atomic E-state index is 9.83. The van der Waals surface area contributed by atoms with Crippen LogP contribution in [0.25, 0.3) is 0 Å². The predicted molar refractivity (Wildman–Crippen MR) is 77.8 cm³/mol. The molecule has 0 bridgehead atoms. The van der Waals surface area contributed by atoms with E-state index in [0.29, 0.717) is 0 Å². The Morgan fingerprint density at radius 3 is 1.79 bits per heavy atom. The van der Waals surface area contributed by atoms with Crippen LogP contribution < -0.4 is 5.32 Å². The Morgan fingerprint density at radius 1 is 0.947 bits per heavy atom. The number of hydrogen-bond acceptors (Lipinski definition) is 2. The van der Waals surface area contributed by atoms with Crippen molar-refractivity contribution in [2.75, 3.05) is 13.6 Å². The van der Waals surface area contributed by atoms with Gasteiger partial charge in [0, 0.05) is 0 Å². The molecule has 0 heterocycles. The summed E-state index contributed by atoms with van der Waals surface area (Å²) in [6, 6.07) is 22.6. The van der Waals surface area contributed by atoms with Gasteiger partial charge < -0.3 is 5.32 Å². The third-order valence-electron chi connectivity index (χ3n) is 3.47. The first-order valence-corrected chi connectivity index (χ1v) is 6.50. The number of rotatable bonds is 5. The van der Waals surface area contributed by atoms with E-state index in [1.165, 1.54) is 0 Å². The van der Waals surface area contributed by atoms with Crippen LogP contribution in [0.4, 0.5) is 0 Å². The molecule has 0 fully saturated rings. The largest absolute Gasteiger partial charge is 0.320 e. The first-order chi connectivity index (χ1) is 9.33. The molecule has 2 rings (SSSR count). The van der Waals surface area contributed by atoms with E-state index in [1.54, 1.807) is 0 Å². The zero-order valence-electron chi connectivity index (χ0n) is 11.1. The highest BCUT2D eigenvalue weighted by molar-refractivity contribution is 5.45. The Kier molecular flexibility index (Phi) is 4.33. The highest BCUT2D eigenvalue weighted by Crippen LogP contribution is 2.34. The number of nitrogens with zero attached hydrogens (tertiary/aromatic N) is 1. The van der Waals surface area contributed by atoms with E-state index in [-0.39, 0.29) is 0 Å². The molecule has 96 valence electrons. The molecular weight excluding hydrogens is 232 g/mol. The second-order valence-corrected chi connectivity index (χ2v) is 4.60. The lowest BCUT2D eigenvalue weighted by Gasteiger charge is -2.27. The maximum Gasteiger partial charge on any atom is 0.108 e. The van der Waals surface area contributed by atoms with E-state index in [4.69, 9.17) is 0 Å². The Balaban J connectivity index is 2.53. The molecule has 2 nitrogen and oxygen atoms in total. The molecule has 0 atom stereocenters. The summed E-state index contributed by atoms with van der Waals surface area (Å²) in [7, 11) is 1.91. The summed E-state index contributed by atoms with van der Waals surface area (Å²) in [5.74, 6) is 0. The Labute approximate surface area is 114 Å². The average molecular weight is 250 g/mol. The monoisotopic (exact) mass is 250 g/mol. The van der Waals surface area contributed by atoms with Crippen molar-refractivity contribution < 1.29 is 0 Å². The molecule has 1 N–H and O–H groups in total. The van der Waals surface area contributed by atoms with Crippen molar-refractivity contribution in [1.82, 2.24) is 5.32 Å². The quantitative estimate of drug-likeness (QED) is 0.885. The molecule has 0 radical (unpaired) electrons. The summed E-state index contributed by atoms with van der Waals surface area (Å²) in [5.41, 5.74) is 1.53. The van der Waals surface area contributed by atoms with Crippen LogP contribution >= 0.6 is 0 Å². The van der Waals surface area contributed by atoms with Crippen LogP contribution in [0.5, 0.6) is 0 Å². The van der Waals surface area contributed by atoms with Gasteiger partial charge in [-0.2, -0.15) is 5.26 Å². The van der Waals surface area contributed by atoms with Gasteiger partial charge in [0.25, 0.3) is 0 Å². The molecule has 0 amide bonds. The van der Waals surface area contributed by atoms with Gasteiger partial charge in [0.15, 0.2) is 0 Å². The molecule has 0 aliphatic heterocycles. The molecule has 0 aliphatic carbocycles. The maximum absolute atomic E-state index is 9.83. The number of hydrogen-bond donors (Lipinski definition) is 1. The van der Waals surface area contributed by atoms with Crippen LogP contribution in [0.15, 0.2) is 60.7 Å². The van der Waals surface area contributed by atoms with E-state index in [9.17, 15) is 5.26 Å². The molecule has 2 heteroatoms. The van der Waals surface area contributed by atoms with Gasteiger partial charge in [0.1, 0.15) is 5.41 Å². The van der Waals surface area contributed by atoms with Crippen molar-refractivity contribution in [2.45, 2.75) is 11.8 Å². The third-order valence-corrected chi connectivity index (χ3v) is 3.47. The molecule has 0 spiro atoms. The van der Waals surface area contributed by atoms with Crippen molar-refractivity contribution in [3.05, 3.63) is 71.8 Å². The molecule has 2 aromatic carbocycles. The first-order valence-electron chi connectivity index (χ1n) is 6.50. The van der Waals surface area contributed by atoms with Crippen molar-refractivity contribution in [1.29, 1.82) is 5.26 Å². The third kappa shape index (κ3) is 2.67. The predicted octanol–water partition coefficient (Wildman–Crippen LogP) is 3.11. The van der Waals surface area contributed by atoms with E-state index in [0.717, 1.165) is 24.1 Å². The van der Waals surface area contributed by atoms with Crippen molar-refractivity contribution in [3.63, 3.8) is 0 Å². The standard InChI is InChI=1S/C17H18N2/c1-19-13-12-17(14-18,15-8-4-2-5-9-15)16-10-6-3-7-11-16/h2-11,19H,12-13H2,1H3. The summed E-state index contributed by atoms with van der Waals surface area (Å²) < 4.78 is 0. The Bertz CT molecular complexity index is 501. The van der Waals surface area contributed by atoms with E-state index in [2.05, 4.69) is 11.4 Å². The van der Waals surface area contributed by atoms with Gasteiger partial charge in [0.05, 0.1) is 6.07 Å². The van der Waals surface area contributed by atoms with E-state index >= 15 is 0 Å². The average Bonchev–Trinajstić information content (AvgIpc) is 2.51. The molecule has 2 aromatic rings. The topological polar surface area (TPSA) is 35.8 Å². The minimum Gasteiger partial charge on any atom is -0.320 e. The second-order valence-electron chi connectivity index (χ2n) is 4.60. The summed E-state index contributed by atoms with van der Waals surface area (Å²) in [6.45, 7) is 0.803. The molecule has 0 aromatic heterocycles. The zero-order valence-corrected chi connectivity index (χ0v) is 11.1. The van der Waals surface area contributed by atoms with Crippen LogP contribution in [0.3, 0.4) is 0 Å². The van der Waals surface area contributed by atoms with Crippen LogP contribution in [-0.2, 0) is 5.41 Å². The van der Waals surface area contributed by atoms with Gasteiger partial charge >= 0.3 is 0 Å². The smallest absolute Gasteiger partial charge is 0.108 e. The number of nitriles is 1. The number of benzene rings is 2. The van der Waals surface area contributed by atoms with Crippen molar-refractivity contribution >= 4 is 0 Å². The summed E-state index contributed by atoms with van der Waals surface area (Å²) in [6.07, 6.45) is 0.758. The van der Waals surface area contributed by atoms with Crippen molar-refractivity contribution in [3.8, 4) is 6.07 Å². The zero-order chi connectivity index (χ0) is 13.6. The van der Waals surface area contributed by atoms with Crippen molar-refractivity contribution in [2.24, 2.45) is 0 Å². The fraction of sp³-hybridized carbons (Fsp3) is 0.235. The second kappa shape index (κ2) is 6.17. The summed E-state index contributed by atoms with van der Waals surface area (Å²) in [4.78, 5) is 0. The minimum absolute atomic E-state index is 0.578. The Morgan fingerprint density at radius 2 is 1.42 bits per heavy atom. The van der Waals surface area contributed by atoms with Crippen LogP contribution in [-0.4, -0.2) is 13.6 Å². The highest BCUT2D eigenvalue weighted by Gasteiger charge is 2.33. The summed E-state index contributed by atoms with van der Waals surface area (Å²) in [5, 5.41) is 13.0. The fourth-order valence-corrected chi connectivity index (χ4v) is 2.40. The molecule has 0 saturated heterocycles. The van der Waals surface area contributed by atoms with Gasteiger partial charge in [-0.3, -0.25) is 0 Å². The Hall–Kier alpha value is -2.11. The molecule has 19 heavy (non-hydrogen) atoms. The highest BCUT2D eigenvalue weighted by atomic mass is 14.8. The molecular formula is C17H18N2. The summed E-state index contributed by atoms with van der Waals surface area (Å²) >= 11 is 0. The lowest BCUT2D eigenvalue weighted by atomic mass is 9.73. The SMILES string of the molecule is CNCCC(C#N)(c1ccccc1)c1ccccc1. The lowest BCUT2D eigenvalue weighted by Crippen LogP contribution is -2.30. The van der Waals surface area contributed by atoms with Crippen LogP contribution in [0, 0.1) is 11.3 Å². The van der Waals surface area contributed by atoms with Crippen LogP contribution in [0.1, 0.15) is 17.5 Å². The van der Waals surface area contributed by atoms with Crippen LogP contribution in [0.2, 0.25) is 0 Å². The lowest BCUT2D eigenvalue weighted by molar-refractivity contribution is 0.568. The molecule has 0 aliphatic rings. The van der Waals surface area contributed by atoms with Gasteiger partial charge in [-0.25, -0.2) is 0 Å². The van der Waals surface area contributed by atoms with Gasteiger partial charge in [-0.1, -0.05) is 60.7 Å². The molecule has 0 unspecified atom stereocenters. The van der Waals surface area contributed by atoms with E-state index in [1.807, 2.05) is 67.7 Å². The normalized spacial score (nSPS) is 10.9. The van der Waals surface area contributed by atoms with Gasteiger partial charge in [-0.15, -0.1) is 0 Å². The van der Waals surface area contributed by atoms with Gasteiger partial charge in [-0.05, 0) is 31.1 Å². The van der Waals surface area contributed by atoms with E-state index < -0.39 is 5.41 Å². The molecule has 0 saturated carbocycles. The first kappa shape index (κ1) is 13.3. The van der Waals surface area contributed by atoms with Gasteiger partial charge in [0.2, 0.25) is 0 Å².